The van der Waals surface area contributed by atoms with E-state index >= 15 is 0 Å². The summed E-state index contributed by atoms with van der Waals surface area (Å²) in [5, 5.41) is 11.0. The molecule has 0 aromatic carbocycles. The lowest BCUT2D eigenvalue weighted by molar-refractivity contribution is 0.183. The number of piperidine rings is 1. The molecule has 136 valence electrons. The zero-order valence-electron chi connectivity index (χ0n) is 14.8. The van der Waals surface area contributed by atoms with E-state index in [-0.39, 0.29) is 17.8 Å². The summed E-state index contributed by atoms with van der Waals surface area (Å²) >= 11 is 1.52. The van der Waals surface area contributed by atoms with Crippen LogP contribution in [0.3, 0.4) is 0 Å². The SMILES string of the molecule is Cc1nc(CC(C)C)c(NC(=O)N2CCC(n3cn[nH]c3=O)CC2)s1. The molecule has 1 aliphatic heterocycles. The van der Waals surface area contributed by atoms with Crippen LogP contribution in [0.15, 0.2) is 11.1 Å². The number of hydrogen-bond acceptors (Lipinski definition) is 5. The van der Waals surface area contributed by atoms with Gasteiger partial charge in [-0.1, -0.05) is 13.8 Å². The first-order valence-corrected chi connectivity index (χ1v) is 9.39. The standard InChI is InChI=1S/C16H24N6O2S/c1-10(2)8-13-14(25-11(3)18-13)19-15(23)21-6-4-12(5-7-21)22-9-17-20-16(22)24/h9-10,12H,4-8H2,1-3H3,(H,19,23)(H,20,24). The van der Waals surface area contributed by atoms with Crippen LogP contribution in [0.4, 0.5) is 9.80 Å². The highest BCUT2D eigenvalue weighted by Gasteiger charge is 2.25. The first kappa shape index (κ1) is 17.7. The van der Waals surface area contributed by atoms with Crippen molar-refractivity contribution < 1.29 is 4.79 Å². The second-order valence-electron chi connectivity index (χ2n) is 6.82. The number of urea groups is 1. The molecule has 1 saturated heterocycles. The topological polar surface area (TPSA) is 95.9 Å². The number of aryl methyl sites for hydroxylation is 1. The van der Waals surface area contributed by atoms with Crippen LogP contribution < -0.4 is 11.0 Å². The van der Waals surface area contributed by atoms with Crippen molar-refractivity contribution in [2.75, 3.05) is 18.4 Å². The summed E-state index contributed by atoms with van der Waals surface area (Å²) in [6.45, 7) is 7.47. The van der Waals surface area contributed by atoms with Crippen LogP contribution >= 0.6 is 11.3 Å². The Morgan fingerprint density at radius 3 is 2.76 bits per heavy atom. The number of carbonyl (C=O) groups is 1. The Bertz CT molecular complexity index is 785. The van der Waals surface area contributed by atoms with Crippen LogP contribution in [0.25, 0.3) is 0 Å². The van der Waals surface area contributed by atoms with Crippen molar-refractivity contribution in [1.82, 2.24) is 24.6 Å². The minimum Gasteiger partial charge on any atom is -0.324 e. The van der Waals surface area contributed by atoms with E-state index in [2.05, 4.69) is 34.3 Å². The molecule has 3 rings (SSSR count). The highest BCUT2D eigenvalue weighted by atomic mass is 32.1. The molecule has 9 heteroatoms. The number of hydrogen-bond donors (Lipinski definition) is 2. The van der Waals surface area contributed by atoms with E-state index in [1.54, 1.807) is 9.47 Å². The number of nitrogens with one attached hydrogen (secondary N) is 2. The first-order chi connectivity index (χ1) is 11.9. The molecule has 1 fully saturated rings. The summed E-state index contributed by atoms with van der Waals surface area (Å²) in [4.78, 5) is 30.6. The number of anilines is 1. The fraction of sp³-hybridized carbons (Fsp3) is 0.625. The Labute approximate surface area is 150 Å². The monoisotopic (exact) mass is 364 g/mol. The van der Waals surface area contributed by atoms with E-state index < -0.39 is 0 Å². The highest BCUT2D eigenvalue weighted by Crippen LogP contribution is 2.27. The van der Waals surface area contributed by atoms with Crippen molar-refractivity contribution in [3.63, 3.8) is 0 Å². The van der Waals surface area contributed by atoms with Crippen molar-refractivity contribution in [2.24, 2.45) is 5.92 Å². The number of likely N-dealkylation sites (tertiary alicyclic amines) is 1. The molecule has 0 radical (unpaired) electrons. The lowest BCUT2D eigenvalue weighted by atomic mass is 10.1. The van der Waals surface area contributed by atoms with Crippen LogP contribution in [0.5, 0.6) is 0 Å². The zero-order chi connectivity index (χ0) is 18.0. The van der Waals surface area contributed by atoms with Gasteiger partial charge in [0.2, 0.25) is 0 Å². The average molecular weight is 364 g/mol. The number of carbonyl (C=O) groups excluding carboxylic acids is 1. The first-order valence-electron chi connectivity index (χ1n) is 8.57. The normalized spacial score (nSPS) is 15.8. The molecule has 0 bridgehead atoms. The molecule has 0 atom stereocenters. The van der Waals surface area contributed by atoms with Crippen LogP contribution in [-0.2, 0) is 6.42 Å². The van der Waals surface area contributed by atoms with E-state index in [9.17, 15) is 9.59 Å². The Hall–Kier alpha value is -2.16. The summed E-state index contributed by atoms with van der Waals surface area (Å²) in [5.74, 6) is 0.487. The van der Waals surface area contributed by atoms with Crippen molar-refractivity contribution in [3.05, 3.63) is 27.5 Å². The maximum absolute atomic E-state index is 12.6. The number of nitrogens with zero attached hydrogens (tertiary/aromatic N) is 4. The third kappa shape index (κ3) is 4.09. The zero-order valence-corrected chi connectivity index (χ0v) is 15.6. The largest absolute Gasteiger partial charge is 0.343 e. The van der Waals surface area contributed by atoms with Gasteiger partial charge in [-0.05, 0) is 32.1 Å². The average Bonchev–Trinajstić information content (AvgIpc) is 3.13. The molecule has 2 aromatic rings. The van der Waals surface area contributed by atoms with Gasteiger partial charge in [0.05, 0.1) is 10.7 Å². The van der Waals surface area contributed by atoms with Gasteiger partial charge in [0, 0.05) is 19.1 Å². The number of H-pyrrole nitrogens is 1. The number of rotatable bonds is 4. The van der Waals surface area contributed by atoms with Gasteiger partial charge in [-0.3, -0.25) is 9.88 Å². The molecule has 8 nitrogen and oxygen atoms in total. The van der Waals surface area contributed by atoms with E-state index in [0.29, 0.717) is 19.0 Å². The molecule has 3 heterocycles. The van der Waals surface area contributed by atoms with E-state index in [0.717, 1.165) is 35.0 Å². The lowest BCUT2D eigenvalue weighted by Gasteiger charge is -2.31. The summed E-state index contributed by atoms with van der Waals surface area (Å²) in [6.07, 6.45) is 3.87. The fourth-order valence-electron chi connectivity index (χ4n) is 3.13. The van der Waals surface area contributed by atoms with Crippen LogP contribution in [0.2, 0.25) is 0 Å². The van der Waals surface area contributed by atoms with Crippen LogP contribution in [0, 0.1) is 12.8 Å². The van der Waals surface area contributed by atoms with E-state index in [1.807, 2.05) is 6.92 Å². The van der Waals surface area contributed by atoms with E-state index in [1.165, 1.54) is 17.7 Å². The molecule has 0 spiro atoms. The van der Waals surface area contributed by atoms with Gasteiger partial charge in [-0.2, -0.15) is 5.10 Å². The smallest absolute Gasteiger partial charge is 0.324 e. The molecule has 2 aromatic heterocycles. The van der Waals surface area contributed by atoms with Crippen molar-refractivity contribution in [3.8, 4) is 0 Å². The Morgan fingerprint density at radius 2 is 2.16 bits per heavy atom. The minimum absolute atomic E-state index is 0.0911. The number of thiazole rings is 1. The Morgan fingerprint density at radius 1 is 1.44 bits per heavy atom. The summed E-state index contributed by atoms with van der Waals surface area (Å²) < 4.78 is 1.61. The Kier molecular flexibility index (Phi) is 5.22. The van der Waals surface area contributed by atoms with Crippen molar-refractivity contribution in [1.29, 1.82) is 0 Å². The van der Waals surface area contributed by atoms with Gasteiger partial charge in [-0.15, -0.1) is 11.3 Å². The molecule has 0 aliphatic carbocycles. The molecule has 0 unspecified atom stereocenters. The van der Waals surface area contributed by atoms with Gasteiger partial charge in [-0.25, -0.2) is 19.7 Å². The molecule has 0 saturated carbocycles. The van der Waals surface area contributed by atoms with Gasteiger partial charge >= 0.3 is 11.7 Å². The summed E-state index contributed by atoms with van der Waals surface area (Å²) in [6, 6.07) is 0.00379. The number of aromatic amines is 1. The maximum Gasteiger partial charge on any atom is 0.343 e. The van der Waals surface area contributed by atoms with Crippen LogP contribution in [-0.4, -0.2) is 43.8 Å². The second-order valence-corrected chi connectivity index (χ2v) is 8.03. The predicted octanol–water partition coefficient (Wildman–Crippen LogP) is 2.40. The third-order valence-corrected chi connectivity index (χ3v) is 5.28. The summed E-state index contributed by atoms with van der Waals surface area (Å²) in [5.41, 5.74) is 0.770. The predicted molar refractivity (Wildman–Crippen MR) is 97.1 cm³/mol. The fourth-order valence-corrected chi connectivity index (χ4v) is 3.97. The van der Waals surface area contributed by atoms with Gasteiger partial charge in [0.25, 0.3) is 0 Å². The maximum atomic E-state index is 12.6. The van der Waals surface area contributed by atoms with Gasteiger partial charge in [0.1, 0.15) is 11.3 Å². The van der Waals surface area contributed by atoms with Crippen LogP contribution in [0.1, 0.15) is 43.4 Å². The van der Waals surface area contributed by atoms with E-state index in [4.69, 9.17) is 0 Å². The molecule has 2 amide bonds. The molecule has 25 heavy (non-hydrogen) atoms. The van der Waals surface area contributed by atoms with Gasteiger partial charge in [0.15, 0.2) is 0 Å². The summed E-state index contributed by atoms with van der Waals surface area (Å²) in [7, 11) is 0. The number of aromatic nitrogens is 4. The quantitative estimate of drug-likeness (QED) is 0.871. The number of amides is 2. The van der Waals surface area contributed by atoms with Crippen molar-refractivity contribution >= 4 is 22.4 Å². The molecular formula is C16H24N6O2S. The molecule has 2 N–H and O–H groups in total. The minimum atomic E-state index is -0.193. The third-order valence-electron chi connectivity index (χ3n) is 4.35. The lowest BCUT2D eigenvalue weighted by Crippen LogP contribution is -2.42. The highest BCUT2D eigenvalue weighted by molar-refractivity contribution is 7.16. The van der Waals surface area contributed by atoms with Crippen molar-refractivity contribution in [2.45, 2.75) is 46.1 Å². The Balaban J connectivity index is 1.60. The second kappa shape index (κ2) is 7.38. The molecule has 1 aliphatic rings. The van der Waals surface area contributed by atoms with Gasteiger partial charge < -0.3 is 4.90 Å². The molecular weight excluding hydrogens is 340 g/mol.